The third kappa shape index (κ3) is 6.45. The molecular weight excluding hydrogens is 392 g/mol. The van der Waals surface area contributed by atoms with Crippen LogP contribution in [-0.4, -0.2) is 64.9 Å². The summed E-state index contributed by atoms with van der Waals surface area (Å²) >= 11 is 0. The molecule has 9 heteroatoms. The van der Waals surface area contributed by atoms with E-state index in [0.29, 0.717) is 25.7 Å². The first kappa shape index (κ1) is 21.6. The first-order chi connectivity index (χ1) is 14.0. The average molecular weight is 423 g/mol. The van der Waals surface area contributed by atoms with Gasteiger partial charge in [0.1, 0.15) is 11.3 Å². The second-order valence-electron chi connectivity index (χ2n) is 7.24. The summed E-state index contributed by atoms with van der Waals surface area (Å²) in [4.78, 5) is 6.13. The van der Waals surface area contributed by atoms with E-state index in [9.17, 15) is 8.42 Å². The maximum absolute atomic E-state index is 12.2. The molecule has 2 heterocycles. The minimum atomic E-state index is -3.37. The second kappa shape index (κ2) is 10.1. The molecule has 0 amide bonds. The van der Waals surface area contributed by atoms with Gasteiger partial charge in [0.2, 0.25) is 10.0 Å². The Morgan fingerprint density at radius 1 is 1.31 bits per heavy atom. The van der Waals surface area contributed by atoms with E-state index < -0.39 is 10.0 Å². The van der Waals surface area contributed by atoms with Crippen molar-refractivity contribution in [3.05, 3.63) is 36.1 Å². The Morgan fingerprint density at radius 2 is 2.14 bits per heavy atom. The van der Waals surface area contributed by atoms with Crippen molar-refractivity contribution in [2.24, 2.45) is 4.99 Å². The fraction of sp³-hybridized carbons (Fsp3) is 0.550. The molecule has 1 unspecified atom stereocenters. The normalized spacial score (nSPS) is 18.1. The van der Waals surface area contributed by atoms with Gasteiger partial charge in [-0.1, -0.05) is 18.2 Å². The summed E-state index contributed by atoms with van der Waals surface area (Å²) in [5, 5.41) is 4.15. The first-order valence-corrected chi connectivity index (χ1v) is 11.6. The molecule has 0 spiro atoms. The molecule has 1 saturated heterocycles. The SMILES string of the molecule is CN=C(NCCS(=O)(=O)NCC1CCCCO1)N(C)Cc1cc2ccccc2o1. The summed E-state index contributed by atoms with van der Waals surface area (Å²) in [6, 6.07) is 9.85. The summed E-state index contributed by atoms with van der Waals surface area (Å²) < 4.78 is 38.5. The van der Waals surface area contributed by atoms with Gasteiger partial charge in [0.25, 0.3) is 0 Å². The number of aliphatic imine (C=N–C) groups is 1. The fourth-order valence-corrected chi connectivity index (χ4v) is 4.32. The number of nitrogens with zero attached hydrogens (tertiary/aromatic N) is 2. The van der Waals surface area contributed by atoms with E-state index in [1.54, 1.807) is 7.05 Å². The van der Waals surface area contributed by atoms with Gasteiger partial charge >= 0.3 is 0 Å². The fourth-order valence-electron chi connectivity index (χ4n) is 3.37. The number of hydrogen-bond acceptors (Lipinski definition) is 5. The quantitative estimate of drug-likeness (QED) is 0.499. The predicted molar refractivity (Wildman–Crippen MR) is 114 cm³/mol. The Balaban J connectivity index is 1.45. The molecule has 1 atom stereocenters. The van der Waals surface area contributed by atoms with E-state index in [4.69, 9.17) is 9.15 Å². The molecule has 1 aliphatic heterocycles. The highest BCUT2D eigenvalue weighted by Crippen LogP contribution is 2.19. The third-order valence-electron chi connectivity index (χ3n) is 4.90. The highest BCUT2D eigenvalue weighted by molar-refractivity contribution is 7.89. The minimum Gasteiger partial charge on any atom is -0.459 e. The molecule has 1 aromatic heterocycles. The number of rotatable bonds is 8. The lowest BCUT2D eigenvalue weighted by atomic mass is 10.1. The van der Waals surface area contributed by atoms with Crippen LogP contribution in [0.25, 0.3) is 11.0 Å². The number of para-hydroxylation sites is 1. The molecule has 2 aromatic rings. The first-order valence-electron chi connectivity index (χ1n) is 9.95. The zero-order valence-electron chi connectivity index (χ0n) is 17.1. The van der Waals surface area contributed by atoms with E-state index in [1.807, 2.05) is 42.3 Å². The molecule has 29 heavy (non-hydrogen) atoms. The van der Waals surface area contributed by atoms with Crippen LogP contribution in [-0.2, 0) is 21.3 Å². The van der Waals surface area contributed by atoms with Crippen molar-refractivity contribution in [1.29, 1.82) is 0 Å². The Kier molecular flexibility index (Phi) is 7.51. The summed E-state index contributed by atoms with van der Waals surface area (Å²) in [7, 11) is 0.185. The number of hydrogen-bond donors (Lipinski definition) is 2. The van der Waals surface area contributed by atoms with Crippen molar-refractivity contribution < 1.29 is 17.6 Å². The van der Waals surface area contributed by atoms with Crippen LogP contribution in [0.5, 0.6) is 0 Å². The zero-order chi connectivity index (χ0) is 20.7. The predicted octanol–water partition coefficient (Wildman–Crippen LogP) is 1.93. The van der Waals surface area contributed by atoms with E-state index in [1.165, 1.54) is 0 Å². The average Bonchev–Trinajstić information content (AvgIpc) is 3.12. The highest BCUT2D eigenvalue weighted by Gasteiger charge is 2.18. The summed E-state index contributed by atoms with van der Waals surface area (Å²) in [5.41, 5.74) is 0.845. The van der Waals surface area contributed by atoms with Gasteiger partial charge in [-0.05, 0) is 31.4 Å². The number of nitrogens with one attached hydrogen (secondary N) is 2. The molecule has 3 rings (SSSR count). The van der Waals surface area contributed by atoms with Crippen LogP contribution in [0.3, 0.4) is 0 Å². The van der Waals surface area contributed by atoms with E-state index in [0.717, 1.165) is 36.0 Å². The van der Waals surface area contributed by atoms with Crippen molar-refractivity contribution in [2.45, 2.75) is 31.9 Å². The number of guanidine groups is 1. The molecule has 1 aliphatic rings. The Hall–Kier alpha value is -2.10. The third-order valence-corrected chi connectivity index (χ3v) is 6.25. The maximum atomic E-state index is 12.2. The van der Waals surface area contributed by atoms with Crippen LogP contribution in [0.15, 0.2) is 39.7 Å². The van der Waals surface area contributed by atoms with Crippen LogP contribution < -0.4 is 10.0 Å². The smallest absolute Gasteiger partial charge is 0.213 e. The Labute approximate surface area is 172 Å². The van der Waals surface area contributed by atoms with Crippen molar-refractivity contribution in [2.75, 3.05) is 39.5 Å². The number of sulfonamides is 1. The van der Waals surface area contributed by atoms with E-state index in [2.05, 4.69) is 15.0 Å². The van der Waals surface area contributed by atoms with E-state index >= 15 is 0 Å². The summed E-state index contributed by atoms with van der Waals surface area (Å²) in [6.45, 7) is 1.83. The van der Waals surface area contributed by atoms with Crippen LogP contribution in [0, 0.1) is 0 Å². The molecule has 2 N–H and O–H groups in total. The Morgan fingerprint density at radius 3 is 2.86 bits per heavy atom. The van der Waals surface area contributed by atoms with Crippen LogP contribution >= 0.6 is 0 Å². The lowest BCUT2D eigenvalue weighted by molar-refractivity contribution is 0.0200. The topological polar surface area (TPSA) is 96.2 Å². The van der Waals surface area contributed by atoms with Crippen molar-refractivity contribution in [3.63, 3.8) is 0 Å². The van der Waals surface area contributed by atoms with Gasteiger partial charge < -0.3 is 19.4 Å². The van der Waals surface area contributed by atoms with Crippen molar-refractivity contribution in [3.8, 4) is 0 Å². The molecule has 0 saturated carbocycles. The number of fused-ring (bicyclic) bond motifs is 1. The number of furan rings is 1. The largest absolute Gasteiger partial charge is 0.459 e. The van der Waals surface area contributed by atoms with Gasteiger partial charge in [-0.3, -0.25) is 4.99 Å². The van der Waals surface area contributed by atoms with Crippen LogP contribution in [0.4, 0.5) is 0 Å². The molecule has 0 aliphatic carbocycles. The van der Waals surface area contributed by atoms with Gasteiger partial charge in [-0.2, -0.15) is 0 Å². The molecule has 0 bridgehead atoms. The zero-order valence-corrected chi connectivity index (χ0v) is 17.9. The maximum Gasteiger partial charge on any atom is 0.213 e. The Bertz CT molecular complexity index is 886. The molecule has 1 aromatic carbocycles. The second-order valence-corrected chi connectivity index (χ2v) is 9.16. The van der Waals surface area contributed by atoms with Crippen LogP contribution in [0.2, 0.25) is 0 Å². The number of benzene rings is 1. The van der Waals surface area contributed by atoms with Gasteiger partial charge in [-0.25, -0.2) is 13.1 Å². The van der Waals surface area contributed by atoms with Crippen LogP contribution in [0.1, 0.15) is 25.0 Å². The monoisotopic (exact) mass is 422 g/mol. The lowest BCUT2D eigenvalue weighted by Crippen LogP contribution is -2.43. The van der Waals surface area contributed by atoms with E-state index in [-0.39, 0.29) is 18.4 Å². The van der Waals surface area contributed by atoms with Gasteiger partial charge in [0.15, 0.2) is 5.96 Å². The minimum absolute atomic E-state index is 0.0193. The summed E-state index contributed by atoms with van der Waals surface area (Å²) in [6.07, 6.45) is 3.02. The molecule has 0 radical (unpaired) electrons. The van der Waals surface area contributed by atoms with Crippen molar-refractivity contribution >= 4 is 27.0 Å². The molecule has 8 nitrogen and oxygen atoms in total. The molecule has 160 valence electrons. The standard InChI is InChI=1S/C20H30N4O4S/c1-21-20(24(2)15-18-13-16-7-3-4-9-19(16)28-18)22-10-12-29(25,26)23-14-17-8-5-6-11-27-17/h3-4,7,9,13,17,23H,5-6,8,10-12,14-15H2,1-2H3,(H,21,22). The highest BCUT2D eigenvalue weighted by atomic mass is 32.2. The van der Waals surface area contributed by atoms with Gasteiger partial charge in [0.05, 0.1) is 18.4 Å². The molecular formula is C20H30N4O4S. The lowest BCUT2D eigenvalue weighted by Gasteiger charge is -2.23. The van der Waals surface area contributed by atoms with Crippen molar-refractivity contribution in [1.82, 2.24) is 14.9 Å². The summed E-state index contributed by atoms with van der Waals surface area (Å²) in [5.74, 6) is 1.40. The molecule has 1 fully saturated rings. The van der Waals surface area contributed by atoms with Gasteiger partial charge in [0, 0.05) is 39.2 Å². The number of ether oxygens (including phenoxy) is 1. The van der Waals surface area contributed by atoms with Gasteiger partial charge in [-0.15, -0.1) is 0 Å².